The van der Waals surface area contributed by atoms with Crippen LogP contribution in [0, 0.1) is 6.92 Å². The van der Waals surface area contributed by atoms with Crippen LogP contribution >= 0.6 is 11.8 Å². The fourth-order valence-corrected chi connectivity index (χ4v) is 2.49. The third-order valence-corrected chi connectivity index (χ3v) is 3.68. The second-order valence-electron chi connectivity index (χ2n) is 4.34. The molecule has 0 fully saturated rings. The van der Waals surface area contributed by atoms with Crippen molar-refractivity contribution in [2.24, 2.45) is 0 Å². The van der Waals surface area contributed by atoms with Crippen LogP contribution in [0.4, 0.5) is 0 Å². The Bertz CT molecular complexity index is 448. The van der Waals surface area contributed by atoms with Crippen molar-refractivity contribution < 1.29 is 14.7 Å². The highest BCUT2D eigenvalue weighted by molar-refractivity contribution is 7.99. The van der Waals surface area contributed by atoms with Gasteiger partial charge in [-0.2, -0.15) is 11.8 Å². The molecule has 0 saturated heterocycles. The Kier molecular flexibility index (Phi) is 6.42. The summed E-state index contributed by atoms with van der Waals surface area (Å²) in [4.78, 5) is 22.0. The first kappa shape index (κ1) is 15.6. The summed E-state index contributed by atoms with van der Waals surface area (Å²) in [7, 11) is 0. The van der Waals surface area contributed by atoms with Crippen molar-refractivity contribution in [3.63, 3.8) is 0 Å². The summed E-state index contributed by atoms with van der Waals surface area (Å²) in [6.07, 6.45) is 0.0886. The predicted octanol–water partition coefficient (Wildman–Crippen LogP) is 2.38. The predicted molar refractivity (Wildman–Crippen MR) is 77.3 cm³/mol. The van der Waals surface area contributed by atoms with Crippen LogP contribution in [0.5, 0.6) is 0 Å². The van der Waals surface area contributed by atoms with Gasteiger partial charge in [-0.1, -0.05) is 24.3 Å². The summed E-state index contributed by atoms with van der Waals surface area (Å²) in [5.41, 5.74) is 2.25. The third kappa shape index (κ3) is 5.79. The maximum atomic E-state index is 11.7. The molecule has 0 aliphatic rings. The average Bonchev–Trinajstić information content (AvgIpc) is 2.35. The first-order valence-electron chi connectivity index (χ1n) is 6.15. The lowest BCUT2D eigenvalue weighted by molar-refractivity contribution is -0.136. The second kappa shape index (κ2) is 7.84. The van der Waals surface area contributed by atoms with Crippen molar-refractivity contribution in [2.75, 3.05) is 11.5 Å². The molecule has 2 N–H and O–H groups in total. The number of nitrogens with one attached hydrogen (secondary N) is 1. The maximum Gasteiger partial charge on any atom is 0.304 e. The van der Waals surface area contributed by atoms with Crippen molar-refractivity contribution in [1.82, 2.24) is 5.32 Å². The van der Waals surface area contributed by atoms with E-state index in [2.05, 4.69) is 5.32 Å². The molecule has 1 amide bonds. The van der Waals surface area contributed by atoms with E-state index >= 15 is 0 Å². The quantitative estimate of drug-likeness (QED) is 0.753. The number of carbonyl (C=O) groups is 2. The van der Waals surface area contributed by atoms with Crippen molar-refractivity contribution in [3.05, 3.63) is 35.4 Å². The van der Waals surface area contributed by atoms with E-state index in [0.717, 1.165) is 11.1 Å². The summed E-state index contributed by atoms with van der Waals surface area (Å²) < 4.78 is 0. The summed E-state index contributed by atoms with van der Waals surface area (Å²) in [5, 5.41) is 11.4. The molecule has 104 valence electrons. The number of carboxylic acid groups (broad SMARTS) is 1. The van der Waals surface area contributed by atoms with Gasteiger partial charge in [0.25, 0.3) is 0 Å². The van der Waals surface area contributed by atoms with Crippen LogP contribution in [-0.2, 0) is 9.59 Å². The van der Waals surface area contributed by atoms with Crippen molar-refractivity contribution >= 4 is 23.6 Å². The zero-order chi connectivity index (χ0) is 14.3. The van der Waals surface area contributed by atoms with Gasteiger partial charge in [0.15, 0.2) is 0 Å². The van der Waals surface area contributed by atoms with E-state index in [1.54, 1.807) is 0 Å². The number of carboxylic acids is 1. The molecular formula is C14H19NO3S. The Labute approximate surface area is 117 Å². The van der Waals surface area contributed by atoms with E-state index in [4.69, 9.17) is 5.11 Å². The molecule has 0 bridgehead atoms. The number of amides is 1. The first-order chi connectivity index (χ1) is 9.00. The Morgan fingerprint density at radius 2 is 2.05 bits per heavy atom. The zero-order valence-electron chi connectivity index (χ0n) is 11.2. The summed E-state index contributed by atoms with van der Waals surface area (Å²) >= 11 is 1.34. The highest BCUT2D eigenvalue weighted by Crippen LogP contribution is 2.16. The molecule has 0 heterocycles. The van der Waals surface area contributed by atoms with E-state index in [0.29, 0.717) is 11.5 Å². The normalized spacial score (nSPS) is 11.9. The summed E-state index contributed by atoms with van der Waals surface area (Å²) in [6.45, 7) is 3.96. The van der Waals surface area contributed by atoms with Gasteiger partial charge in [-0.3, -0.25) is 9.59 Å². The third-order valence-electron chi connectivity index (χ3n) is 2.73. The molecule has 19 heavy (non-hydrogen) atoms. The largest absolute Gasteiger partial charge is 0.481 e. The zero-order valence-corrected chi connectivity index (χ0v) is 12.0. The molecule has 5 heteroatoms. The van der Waals surface area contributed by atoms with Crippen LogP contribution in [-0.4, -0.2) is 28.5 Å². The van der Waals surface area contributed by atoms with Crippen LogP contribution in [0.2, 0.25) is 0 Å². The molecule has 0 saturated carbocycles. The topological polar surface area (TPSA) is 66.4 Å². The Balaban J connectivity index is 2.36. The number of hydrogen-bond donors (Lipinski definition) is 2. The number of thioether (sulfide) groups is 1. The lowest BCUT2D eigenvalue weighted by Crippen LogP contribution is -2.28. The number of benzene rings is 1. The van der Waals surface area contributed by atoms with E-state index in [-0.39, 0.29) is 18.4 Å². The Morgan fingerprint density at radius 3 is 2.68 bits per heavy atom. The monoisotopic (exact) mass is 281 g/mol. The fourth-order valence-electron chi connectivity index (χ4n) is 1.76. The molecule has 4 nitrogen and oxygen atoms in total. The average molecular weight is 281 g/mol. The standard InChI is InChI=1S/C14H19NO3S/c1-10-5-3-4-6-12(10)11(2)15-13(16)9-19-8-7-14(17)18/h3-6,11H,7-9H2,1-2H3,(H,15,16)(H,17,18)/t11-/m0/s1. The Hall–Kier alpha value is -1.49. The van der Waals surface area contributed by atoms with Gasteiger partial charge in [0, 0.05) is 5.75 Å². The molecule has 1 aromatic rings. The van der Waals surface area contributed by atoms with Crippen LogP contribution in [0.25, 0.3) is 0 Å². The van der Waals surface area contributed by atoms with Crippen molar-refractivity contribution in [3.8, 4) is 0 Å². The molecule has 0 aromatic heterocycles. The lowest BCUT2D eigenvalue weighted by Gasteiger charge is -2.16. The Morgan fingerprint density at radius 1 is 1.37 bits per heavy atom. The molecule has 0 aliphatic heterocycles. The van der Waals surface area contributed by atoms with E-state index in [1.165, 1.54) is 11.8 Å². The van der Waals surface area contributed by atoms with E-state index < -0.39 is 5.97 Å². The van der Waals surface area contributed by atoms with Gasteiger partial charge in [-0.25, -0.2) is 0 Å². The molecule has 0 unspecified atom stereocenters. The fraction of sp³-hybridized carbons (Fsp3) is 0.429. The molecule has 1 aromatic carbocycles. The minimum Gasteiger partial charge on any atom is -0.481 e. The van der Waals surface area contributed by atoms with Gasteiger partial charge in [0.2, 0.25) is 5.91 Å². The molecule has 0 spiro atoms. The lowest BCUT2D eigenvalue weighted by atomic mass is 10.0. The smallest absolute Gasteiger partial charge is 0.304 e. The molecule has 0 aliphatic carbocycles. The van der Waals surface area contributed by atoms with Crippen molar-refractivity contribution in [2.45, 2.75) is 26.3 Å². The number of hydrogen-bond acceptors (Lipinski definition) is 3. The number of aryl methyl sites for hydroxylation is 1. The van der Waals surface area contributed by atoms with Crippen LogP contribution in [0.3, 0.4) is 0 Å². The van der Waals surface area contributed by atoms with Gasteiger partial charge >= 0.3 is 5.97 Å². The highest BCUT2D eigenvalue weighted by atomic mass is 32.2. The number of rotatable bonds is 7. The molecular weight excluding hydrogens is 262 g/mol. The second-order valence-corrected chi connectivity index (χ2v) is 5.45. The van der Waals surface area contributed by atoms with Crippen molar-refractivity contribution in [1.29, 1.82) is 0 Å². The van der Waals surface area contributed by atoms with Gasteiger partial charge < -0.3 is 10.4 Å². The molecule has 1 rings (SSSR count). The van der Waals surface area contributed by atoms with E-state index in [1.807, 2.05) is 38.1 Å². The molecule has 0 radical (unpaired) electrons. The number of carbonyl (C=O) groups excluding carboxylic acids is 1. The van der Waals surface area contributed by atoms with Gasteiger partial charge in [-0.05, 0) is 25.0 Å². The SMILES string of the molecule is Cc1ccccc1[C@H](C)NC(=O)CSCCC(=O)O. The van der Waals surface area contributed by atoms with Gasteiger partial charge in [0.1, 0.15) is 0 Å². The van der Waals surface area contributed by atoms with Gasteiger partial charge in [0.05, 0.1) is 18.2 Å². The van der Waals surface area contributed by atoms with Crippen LogP contribution < -0.4 is 5.32 Å². The van der Waals surface area contributed by atoms with Crippen LogP contribution in [0.15, 0.2) is 24.3 Å². The van der Waals surface area contributed by atoms with Crippen LogP contribution in [0.1, 0.15) is 30.5 Å². The maximum absolute atomic E-state index is 11.7. The van der Waals surface area contributed by atoms with E-state index in [9.17, 15) is 9.59 Å². The number of aliphatic carboxylic acids is 1. The first-order valence-corrected chi connectivity index (χ1v) is 7.30. The minimum atomic E-state index is -0.832. The summed E-state index contributed by atoms with van der Waals surface area (Å²) in [5.74, 6) is -0.141. The minimum absolute atomic E-state index is 0.0335. The van der Waals surface area contributed by atoms with Gasteiger partial charge in [-0.15, -0.1) is 0 Å². The summed E-state index contributed by atoms with van der Waals surface area (Å²) in [6, 6.07) is 7.90. The molecule has 1 atom stereocenters. The highest BCUT2D eigenvalue weighted by Gasteiger charge is 2.11.